The fourth-order valence-electron chi connectivity index (χ4n) is 1.39. The van der Waals surface area contributed by atoms with Crippen molar-refractivity contribution in [1.82, 2.24) is 0 Å². The lowest BCUT2D eigenvalue weighted by Crippen LogP contribution is -2.03. The Morgan fingerprint density at radius 2 is 2.12 bits per heavy atom. The van der Waals surface area contributed by atoms with Crippen LogP contribution in [0.15, 0.2) is 11.4 Å². The smallest absolute Gasteiger partial charge is 0.348 e. The summed E-state index contributed by atoms with van der Waals surface area (Å²) in [6.07, 6.45) is 0. The molecule has 0 aliphatic carbocycles. The fraction of sp³-hybridized carbons (Fsp3) is 0.273. The minimum atomic E-state index is -0.381. The number of methoxy groups -OCH3 is 1. The van der Waals surface area contributed by atoms with Crippen molar-refractivity contribution >= 4 is 44.0 Å². The molecule has 0 amide bonds. The van der Waals surface area contributed by atoms with Crippen LogP contribution in [-0.2, 0) is 9.47 Å². The number of thiophene rings is 2. The number of hydrogen-bond donors (Lipinski definition) is 0. The fourth-order valence-corrected chi connectivity index (χ4v) is 3.57. The Kier molecular flexibility index (Phi) is 3.44. The highest BCUT2D eigenvalue weighted by molar-refractivity contribution is 7.38. The van der Waals surface area contributed by atoms with E-state index in [-0.39, 0.29) is 11.9 Å². The minimum absolute atomic E-state index is 0.337. The zero-order valence-electron chi connectivity index (χ0n) is 9.31. The van der Waals surface area contributed by atoms with Crippen LogP contribution < -0.4 is 0 Å². The Balaban J connectivity index is 2.42. The maximum Gasteiger partial charge on any atom is 0.348 e. The van der Waals surface area contributed by atoms with Gasteiger partial charge in [-0.15, -0.1) is 22.7 Å². The molecule has 0 aliphatic rings. The standard InChI is InChI=1S/C11H10O4S2/c1-3-15-9(12)7-5-16-11-6(7)4-8(17-11)10(13)14-2/h4-5H,3H2,1-2H3. The van der Waals surface area contributed by atoms with Gasteiger partial charge in [0.25, 0.3) is 0 Å². The molecule has 0 spiro atoms. The second-order valence-corrected chi connectivity index (χ2v) is 5.36. The number of carbonyl (C=O) groups excluding carboxylic acids is 2. The van der Waals surface area contributed by atoms with Crippen LogP contribution in [0.4, 0.5) is 0 Å². The molecule has 2 rings (SSSR count). The van der Waals surface area contributed by atoms with Crippen molar-refractivity contribution in [3.63, 3.8) is 0 Å². The van der Waals surface area contributed by atoms with Gasteiger partial charge in [0.15, 0.2) is 0 Å². The van der Waals surface area contributed by atoms with Gasteiger partial charge < -0.3 is 9.47 Å². The molecule has 0 unspecified atom stereocenters. The molecule has 0 fully saturated rings. The van der Waals surface area contributed by atoms with Crippen molar-refractivity contribution in [1.29, 1.82) is 0 Å². The monoisotopic (exact) mass is 270 g/mol. The zero-order chi connectivity index (χ0) is 12.4. The predicted octanol–water partition coefficient (Wildman–Crippen LogP) is 2.93. The van der Waals surface area contributed by atoms with Gasteiger partial charge in [-0.25, -0.2) is 9.59 Å². The van der Waals surface area contributed by atoms with E-state index in [0.717, 1.165) is 9.40 Å². The van der Waals surface area contributed by atoms with E-state index >= 15 is 0 Å². The Bertz CT molecular complexity index is 567. The van der Waals surface area contributed by atoms with Gasteiger partial charge in [-0.1, -0.05) is 0 Å². The van der Waals surface area contributed by atoms with Crippen molar-refractivity contribution in [3.8, 4) is 0 Å². The molecule has 4 nitrogen and oxygen atoms in total. The molecule has 17 heavy (non-hydrogen) atoms. The van der Waals surface area contributed by atoms with E-state index in [2.05, 4.69) is 4.74 Å². The molecule has 0 saturated carbocycles. The topological polar surface area (TPSA) is 52.6 Å². The molecule has 0 saturated heterocycles. The van der Waals surface area contributed by atoms with Crippen LogP contribution in [0.25, 0.3) is 9.40 Å². The molecule has 2 aromatic rings. The van der Waals surface area contributed by atoms with Crippen molar-refractivity contribution in [2.45, 2.75) is 6.92 Å². The molecular formula is C11H10O4S2. The van der Waals surface area contributed by atoms with Crippen LogP contribution in [-0.4, -0.2) is 25.7 Å². The van der Waals surface area contributed by atoms with Crippen molar-refractivity contribution in [2.24, 2.45) is 0 Å². The summed E-state index contributed by atoms with van der Waals surface area (Å²) in [5.41, 5.74) is 0.512. The van der Waals surface area contributed by atoms with Gasteiger partial charge in [-0.2, -0.15) is 0 Å². The lowest BCUT2D eigenvalue weighted by atomic mass is 10.2. The van der Waals surface area contributed by atoms with Crippen LogP contribution in [0.1, 0.15) is 27.0 Å². The van der Waals surface area contributed by atoms with Crippen LogP contribution in [0.2, 0.25) is 0 Å². The molecular weight excluding hydrogens is 260 g/mol. The second kappa shape index (κ2) is 4.85. The molecule has 0 bridgehead atoms. The van der Waals surface area contributed by atoms with E-state index in [0.29, 0.717) is 17.0 Å². The van der Waals surface area contributed by atoms with Gasteiger partial charge >= 0.3 is 11.9 Å². The molecule has 0 aromatic carbocycles. The Morgan fingerprint density at radius 3 is 2.76 bits per heavy atom. The van der Waals surface area contributed by atoms with Gasteiger partial charge in [0.05, 0.1) is 23.3 Å². The van der Waals surface area contributed by atoms with E-state index in [9.17, 15) is 9.59 Å². The average molecular weight is 270 g/mol. The maximum absolute atomic E-state index is 11.6. The van der Waals surface area contributed by atoms with E-state index in [1.54, 1.807) is 18.4 Å². The van der Waals surface area contributed by atoms with E-state index in [1.807, 2.05) is 0 Å². The molecule has 0 radical (unpaired) electrons. The lowest BCUT2D eigenvalue weighted by Gasteiger charge is -1.98. The Morgan fingerprint density at radius 1 is 1.35 bits per heavy atom. The van der Waals surface area contributed by atoms with Gasteiger partial charge in [-0.05, 0) is 13.0 Å². The normalized spacial score (nSPS) is 10.5. The lowest BCUT2D eigenvalue weighted by molar-refractivity contribution is 0.0527. The third kappa shape index (κ3) is 2.18. The van der Waals surface area contributed by atoms with E-state index in [1.165, 1.54) is 29.8 Å². The minimum Gasteiger partial charge on any atom is -0.465 e. The van der Waals surface area contributed by atoms with Crippen LogP contribution in [0.5, 0.6) is 0 Å². The van der Waals surface area contributed by atoms with Gasteiger partial charge in [0.1, 0.15) is 4.88 Å². The molecule has 2 heterocycles. The summed E-state index contributed by atoms with van der Waals surface area (Å²) < 4.78 is 10.5. The summed E-state index contributed by atoms with van der Waals surface area (Å²) in [5.74, 6) is -0.735. The maximum atomic E-state index is 11.6. The number of hydrogen-bond acceptors (Lipinski definition) is 6. The highest BCUT2D eigenvalue weighted by Crippen LogP contribution is 2.34. The zero-order valence-corrected chi connectivity index (χ0v) is 10.9. The summed E-state index contributed by atoms with van der Waals surface area (Å²) in [5, 5.41) is 2.51. The molecule has 6 heteroatoms. The summed E-state index contributed by atoms with van der Waals surface area (Å²) >= 11 is 2.75. The molecule has 2 aromatic heterocycles. The highest BCUT2D eigenvalue weighted by Gasteiger charge is 2.18. The predicted molar refractivity (Wildman–Crippen MR) is 67.0 cm³/mol. The third-order valence-corrected chi connectivity index (χ3v) is 4.39. The summed E-state index contributed by atoms with van der Waals surface area (Å²) in [6, 6.07) is 1.68. The third-order valence-electron chi connectivity index (χ3n) is 2.15. The Labute approximate surface area is 106 Å². The van der Waals surface area contributed by atoms with Crippen LogP contribution in [0, 0.1) is 0 Å². The van der Waals surface area contributed by atoms with E-state index in [4.69, 9.17) is 4.74 Å². The number of rotatable bonds is 3. The van der Waals surface area contributed by atoms with E-state index < -0.39 is 0 Å². The van der Waals surface area contributed by atoms with Crippen molar-refractivity contribution < 1.29 is 19.1 Å². The first kappa shape index (κ1) is 12.1. The first-order chi connectivity index (χ1) is 8.17. The Hall–Kier alpha value is -1.40. The summed E-state index contributed by atoms with van der Waals surface area (Å²) in [6.45, 7) is 2.10. The number of carbonyl (C=O) groups is 2. The van der Waals surface area contributed by atoms with Crippen molar-refractivity contribution in [3.05, 3.63) is 21.9 Å². The quantitative estimate of drug-likeness (QED) is 0.805. The SMILES string of the molecule is CCOC(=O)c1csc2sc(C(=O)OC)cc12. The van der Waals surface area contributed by atoms with Gasteiger partial charge in [-0.3, -0.25) is 0 Å². The summed E-state index contributed by atoms with van der Waals surface area (Å²) in [7, 11) is 1.34. The molecule has 0 atom stereocenters. The first-order valence-electron chi connectivity index (χ1n) is 4.93. The number of ether oxygens (including phenoxy) is 2. The largest absolute Gasteiger partial charge is 0.465 e. The van der Waals surface area contributed by atoms with Crippen molar-refractivity contribution in [2.75, 3.05) is 13.7 Å². The van der Waals surface area contributed by atoms with Gasteiger partial charge in [0, 0.05) is 10.8 Å². The number of fused-ring (bicyclic) bond motifs is 1. The highest BCUT2D eigenvalue weighted by atomic mass is 32.2. The van der Waals surface area contributed by atoms with Crippen LogP contribution >= 0.6 is 22.7 Å². The summed E-state index contributed by atoms with van der Waals surface area (Å²) in [4.78, 5) is 23.5. The first-order valence-corrected chi connectivity index (χ1v) is 6.63. The average Bonchev–Trinajstić information content (AvgIpc) is 2.87. The van der Waals surface area contributed by atoms with Crippen LogP contribution in [0.3, 0.4) is 0 Å². The molecule has 90 valence electrons. The molecule has 0 N–H and O–H groups in total. The number of esters is 2. The second-order valence-electron chi connectivity index (χ2n) is 3.17. The molecule has 0 aliphatic heterocycles. The van der Waals surface area contributed by atoms with Gasteiger partial charge in [0.2, 0.25) is 0 Å².